The largest absolute Gasteiger partial charge is 0.462 e. The first-order chi connectivity index (χ1) is 9.19. The molecule has 0 spiro atoms. The fourth-order valence-electron chi connectivity index (χ4n) is 2.22. The number of esters is 1. The minimum Gasteiger partial charge on any atom is -0.462 e. The van der Waals surface area contributed by atoms with E-state index in [-0.39, 0.29) is 5.97 Å². The van der Waals surface area contributed by atoms with Gasteiger partial charge in [0.1, 0.15) is 0 Å². The number of carbonyl (C=O) groups is 1. The molecule has 0 unspecified atom stereocenters. The monoisotopic (exact) mass is 262 g/mol. The van der Waals surface area contributed by atoms with E-state index in [9.17, 15) is 4.79 Å². The molecule has 0 saturated carbocycles. The molecule has 0 aromatic heterocycles. The second-order valence-corrected chi connectivity index (χ2v) is 5.00. The van der Waals surface area contributed by atoms with Crippen molar-refractivity contribution in [3.8, 4) is 0 Å². The molecule has 4 nitrogen and oxygen atoms in total. The van der Waals surface area contributed by atoms with Gasteiger partial charge in [0.2, 0.25) is 0 Å². The average molecular weight is 262 g/mol. The molecule has 4 heteroatoms. The van der Waals surface area contributed by atoms with Gasteiger partial charge >= 0.3 is 5.97 Å². The van der Waals surface area contributed by atoms with Crippen LogP contribution in [-0.4, -0.2) is 55.6 Å². The molecule has 0 atom stereocenters. The summed E-state index contributed by atoms with van der Waals surface area (Å²) in [6, 6.07) is 7.74. The van der Waals surface area contributed by atoms with Gasteiger partial charge in [0.25, 0.3) is 0 Å². The Morgan fingerprint density at radius 3 is 2.37 bits per heavy atom. The second kappa shape index (κ2) is 6.68. The first-order valence-electron chi connectivity index (χ1n) is 6.86. The summed E-state index contributed by atoms with van der Waals surface area (Å²) in [5, 5.41) is 0. The van der Waals surface area contributed by atoms with Crippen LogP contribution in [0.5, 0.6) is 0 Å². The Bertz CT molecular complexity index is 409. The molecule has 2 rings (SSSR count). The van der Waals surface area contributed by atoms with Crippen molar-refractivity contribution < 1.29 is 9.53 Å². The quantitative estimate of drug-likeness (QED) is 0.772. The summed E-state index contributed by atoms with van der Waals surface area (Å²) in [5.74, 6) is -0.242. The molecule has 0 N–H and O–H groups in total. The van der Waals surface area contributed by atoms with Gasteiger partial charge in [-0.3, -0.25) is 4.90 Å². The predicted molar refractivity (Wildman–Crippen MR) is 75.2 cm³/mol. The van der Waals surface area contributed by atoms with Gasteiger partial charge in [0.15, 0.2) is 0 Å². The van der Waals surface area contributed by atoms with Gasteiger partial charge < -0.3 is 9.64 Å². The maximum Gasteiger partial charge on any atom is 0.338 e. The molecular formula is C15H22N2O2. The van der Waals surface area contributed by atoms with Crippen LogP contribution in [0.15, 0.2) is 24.3 Å². The number of ether oxygens (including phenoxy) is 1. The smallest absolute Gasteiger partial charge is 0.338 e. The van der Waals surface area contributed by atoms with Crippen molar-refractivity contribution in [2.75, 3.05) is 39.8 Å². The van der Waals surface area contributed by atoms with Crippen LogP contribution in [0.3, 0.4) is 0 Å². The Hall–Kier alpha value is -1.39. The zero-order valence-corrected chi connectivity index (χ0v) is 11.8. The van der Waals surface area contributed by atoms with Crippen molar-refractivity contribution >= 4 is 5.97 Å². The third-order valence-electron chi connectivity index (χ3n) is 3.47. The molecule has 1 aliphatic heterocycles. The summed E-state index contributed by atoms with van der Waals surface area (Å²) in [7, 11) is 2.16. The molecule has 1 aromatic rings. The van der Waals surface area contributed by atoms with Crippen LogP contribution < -0.4 is 0 Å². The lowest BCUT2D eigenvalue weighted by Gasteiger charge is -2.32. The molecule has 1 saturated heterocycles. The summed E-state index contributed by atoms with van der Waals surface area (Å²) in [4.78, 5) is 16.3. The summed E-state index contributed by atoms with van der Waals surface area (Å²) in [6.45, 7) is 7.66. The Labute approximate surface area is 115 Å². The van der Waals surface area contributed by atoms with Crippen molar-refractivity contribution in [2.45, 2.75) is 13.5 Å². The molecule has 0 aliphatic carbocycles. The number of piperazine rings is 1. The highest BCUT2D eigenvalue weighted by Gasteiger charge is 2.14. The zero-order chi connectivity index (χ0) is 13.7. The van der Waals surface area contributed by atoms with Gasteiger partial charge in [-0.1, -0.05) is 12.1 Å². The lowest BCUT2D eigenvalue weighted by atomic mass is 10.1. The summed E-state index contributed by atoms with van der Waals surface area (Å²) >= 11 is 0. The SMILES string of the molecule is CCOC(=O)c1ccc(CN2CCN(C)CC2)cc1. The zero-order valence-electron chi connectivity index (χ0n) is 11.8. The average Bonchev–Trinajstić information content (AvgIpc) is 2.42. The third-order valence-corrected chi connectivity index (χ3v) is 3.47. The highest BCUT2D eigenvalue weighted by atomic mass is 16.5. The second-order valence-electron chi connectivity index (χ2n) is 5.00. The van der Waals surface area contributed by atoms with Crippen LogP contribution in [0.25, 0.3) is 0 Å². The lowest BCUT2D eigenvalue weighted by Crippen LogP contribution is -2.43. The van der Waals surface area contributed by atoms with Crippen LogP contribution >= 0.6 is 0 Å². The topological polar surface area (TPSA) is 32.8 Å². The number of nitrogens with zero attached hydrogens (tertiary/aromatic N) is 2. The lowest BCUT2D eigenvalue weighted by molar-refractivity contribution is 0.0526. The molecule has 0 bridgehead atoms. The van der Waals surface area contributed by atoms with E-state index in [4.69, 9.17) is 4.74 Å². The van der Waals surface area contributed by atoms with Crippen molar-refractivity contribution in [3.05, 3.63) is 35.4 Å². The Balaban J connectivity index is 1.90. The number of rotatable bonds is 4. The van der Waals surface area contributed by atoms with Crippen LogP contribution in [0.2, 0.25) is 0 Å². The number of benzene rings is 1. The van der Waals surface area contributed by atoms with E-state index in [1.807, 2.05) is 31.2 Å². The molecule has 0 amide bonds. The van der Waals surface area contributed by atoms with E-state index in [1.165, 1.54) is 5.56 Å². The van der Waals surface area contributed by atoms with Crippen LogP contribution in [0.4, 0.5) is 0 Å². The number of carbonyl (C=O) groups excluding carboxylic acids is 1. The van der Waals surface area contributed by atoms with E-state index in [2.05, 4.69) is 16.8 Å². The van der Waals surface area contributed by atoms with Gasteiger partial charge in [-0.2, -0.15) is 0 Å². The summed E-state index contributed by atoms with van der Waals surface area (Å²) < 4.78 is 4.97. The molecule has 1 heterocycles. The normalized spacial score (nSPS) is 17.4. The van der Waals surface area contributed by atoms with Gasteiger partial charge in [0.05, 0.1) is 12.2 Å². The Morgan fingerprint density at radius 2 is 1.79 bits per heavy atom. The van der Waals surface area contributed by atoms with Crippen LogP contribution in [-0.2, 0) is 11.3 Å². The van der Waals surface area contributed by atoms with Crippen molar-refractivity contribution in [1.82, 2.24) is 9.80 Å². The highest BCUT2D eigenvalue weighted by Crippen LogP contribution is 2.10. The van der Waals surface area contributed by atoms with E-state index in [0.29, 0.717) is 12.2 Å². The molecular weight excluding hydrogens is 240 g/mol. The predicted octanol–water partition coefficient (Wildman–Crippen LogP) is 1.61. The fourth-order valence-corrected chi connectivity index (χ4v) is 2.22. The molecule has 104 valence electrons. The molecule has 19 heavy (non-hydrogen) atoms. The van der Waals surface area contributed by atoms with Crippen LogP contribution in [0, 0.1) is 0 Å². The van der Waals surface area contributed by atoms with E-state index in [0.717, 1.165) is 32.7 Å². The van der Waals surface area contributed by atoms with Crippen molar-refractivity contribution in [3.63, 3.8) is 0 Å². The van der Waals surface area contributed by atoms with Gasteiger partial charge in [-0.25, -0.2) is 4.79 Å². The van der Waals surface area contributed by atoms with Crippen molar-refractivity contribution in [1.29, 1.82) is 0 Å². The maximum atomic E-state index is 11.5. The van der Waals surface area contributed by atoms with Gasteiger partial charge in [0, 0.05) is 32.7 Å². The molecule has 1 aliphatic rings. The minimum absolute atomic E-state index is 0.242. The molecule has 1 fully saturated rings. The summed E-state index contributed by atoms with van der Waals surface area (Å²) in [5.41, 5.74) is 1.88. The molecule has 0 radical (unpaired) electrons. The third kappa shape index (κ3) is 4.04. The number of hydrogen-bond donors (Lipinski definition) is 0. The first-order valence-corrected chi connectivity index (χ1v) is 6.86. The van der Waals surface area contributed by atoms with E-state index < -0.39 is 0 Å². The van der Waals surface area contributed by atoms with Crippen molar-refractivity contribution in [2.24, 2.45) is 0 Å². The Kier molecular flexibility index (Phi) is 4.93. The minimum atomic E-state index is -0.242. The first kappa shape index (κ1) is 14.0. The molecule has 1 aromatic carbocycles. The Morgan fingerprint density at radius 1 is 1.16 bits per heavy atom. The maximum absolute atomic E-state index is 11.5. The van der Waals surface area contributed by atoms with E-state index in [1.54, 1.807) is 0 Å². The van der Waals surface area contributed by atoms with Crippen LogP contribution in [0.1, 0.15) is 22.8 Å². The number of hydrogen-bond acceptors (Lipinski definition) is 4. The van der Waals surface area contributed by atoms with Gasteiger partial charge in [-0.05, 0) is 31.7 Å². The van der Waals surface area contributed by atoms with E-state index >= 15 is 0 Å². The van der Waals surface area contributed by atoms with Gasteiger partial charge in [-0.15, -0.1) is 0 Å². The number of likely N-dealkylation sites (N-methyl/N-ethyl adjacent to an activating group) is 1. The summed E-state index contributed by atoms with van der Waals surface area (Å²) in [6.07, 6.45) is 0. The highest BCUT2D eigenvalue weighted by molar-refractivity contribution is 5.89. The fraction of sp³-hybridized carbons (Fsp3) is 0.533. The standard InChI is InChI=1S/C15H22N2O2/c1-3-19-15(18)14-6-4-13(5-7-14)12-17-10-8-16(2)9-11-17/h4-7H,3,8-12H2,1-2H3.